The van der Waals surface area contributed by atoms with Crippen molar-refractivity contribution in [3.63, 3.8) is 0 Å². The van der Waals surface area contributed by atoms with E-state index in [0.717, 1.165) is 57.9 Å². The second kappa shape index (κ2) is 6.88. The Morgan fingerprint density at radius 3 is 2.90 bits per heavy atom. The van der Waals surface area contributed by atoms with E-state index in [9.17, 15) is 5.26 Å². The van der Waals surface area contributed by atoms with Gasteiger partial charge in [-0.25, -0.2) is 4.98 Å². The first-order valence-electron chi connectivity index (χ1n) is 7.96. The predicted octanol–water partition coefficient (Wildman–Crippen LogP) is 1.15. The van der Waals surface area contributed by atoms with Crippen LogP contribution in [0, 0.1) is 11.3 Å². The molecule has 5 nitrogen and oxygen atoms in total. The van der Waals surface area contributed by atoms with Crippen LogP contribution in [-0.2, 0) is 12.8 Å². The lowest BCUT2D eigenvalue weighted by Crippen LogP contribution is -2.45. The number of hydrogen-bond acceptors (Lipinski definition) is 5. The first-order chi connectivity index (χ1) is 10.4. The molecule has 112 valence electrons. The minimum absolute atomic E-state index is 0.691. The van der Waals surface area contributed by atoms with E-state index in [4.69, 9.17) is 4.98 Å². The van der Waals surface area contributed by atoms with E-state index in [-0.39, 0.29) is 0 Å². The number of fused-ring (bicyclic) bond motifs is 1. The second-order valence-electron chi connectivity index (χ2n) is 5.83. The standard InChI is InChI=1S/C16H23N5/c17-12-14-11-13-3-1-2-4-15(13)20-16(14)19-7-10-21-8-5-18-6-9-21/h11,18H,1-10H2,(H,19,20). The number of pyridine rings is 1. The molecule has 0 amide bonds. The Bertz CT molecular complexity index is 528. The first-order valence-corrected chi connectivity index (χ1v) is 7.96. The molecule has 1 fully saturated rings. The fourth-order valence-corrected chi connectivity index (χ4v) is 3.12. The Balaban J connectivity index is 1.62. The van der Waals surface area contributed by atoms with Gasteiger partial charge in [0.05, 0.1) is 5.56 Å². The second-order valence-corrected chi connectivity index (χ2v) is 5.83. The SMILES string of the molecule is N#Cc1cc2c(nc1NCCN1CCNCC1)CCCC2. The quantitative estimate of drug-likeness (QED) is 0.869. The zero-order chi connectivity index (χ0) is 14.5. The molecule has 2 heterocycles. The fourth-order valence-electron chi connectivity index (χ4n) is 3.12. The minimum atomic E-state index is 0.691. The van der Waals surface area contributed by atoms with Crippen molar-refractivity contribution in [3.8, 4) is 6.07 Å². The van der Waals surface area contributed by atoms with Gasteiger partial charge in [-0.2, -0.15) is 5.26 Å². The van der Waals surface area contributed by atoms with Gasteiger partial charge >= 0.3 is 0 Å². The van der Waals surface area contributed by atoms with Crippen LogP contribution in [-0.4, -0.2) is 49.2 Å². The van der Waals surface area contributed by atoms with Crippen LogP contribution in [0.1, 0.15) is 29.7 Å². The third kappa shape index (κ3) is 3.52. The van der Waals surface area contributed by atoms with Crippen molar-refractivity contribution in [2.45, 2.75) is 25.7 Å². The number of rotatable bonds is 4. The Labute approximate surface area is 126 Å². The van der Waals surface area contributed by atoms with E-state index in [0.29, 0.717) is 5.56 Å². The maximum absolute atomic E-state index is 9.32. The van der Waals surface area contributed by atoms with Crippen LogP contribution in [0.4, 0.5) is 5.82 Å². The number of anilines is 1. The lowest BCUT2D eigenvalue weighted by atomic mass is 9.95. The number of piperazine rings is 1. The van der Waals surface area contributed by atoms with Crippen LogP contribution in [0.25, 0.3) is 0 Å². The fraction of sp³-hybridized carbons (Fsp3) is 0.625. The third-order valence-electron chi connectivity index (χ3n) is 4.35. The number of nitriles is 1. The lowest BCUT2D eigenvalue weighted by molar-refractivity contribution is 0.249. The molecule has 2 aliphatic rings. The summed E-state index contributed by atoms with van der Waals surface area (Å²) in [6.45, 7) is 6.20. The van der Waals surface area contributed by atoms with Crippen molar-refractivity contribution in [1.29, 1.82) is 5.26 Å². The van der Waals surface area contributed by atoms with Crippen LogP contribution in [0.3, 0.4) is 0 Å². The number of nitrogens with one attached hydrogen (secondary N) is 2. The summed E-state index contributed by atoms with van der Waals surface area (Å²) in [5.41, 5.74) is 3.14. The van der Waals surface area contributed by atoms with Gasteiger partial charge < -0.3 is 10.6 Å². The molecule has 1 aliphatic heterocycles. The van der Waals surface area contributed by atoms with Crippen LogP contribution in [0.15, 0.2) is 6.07 Å². The maximum Gasteiger partial charge on any atom is 0.144 e. The van der Waals surface area contributed by atoms with Gasteiger partial charge in [-0.1, -0.05) is 0 Å². The summed E-state index contributed by atoms with van der Waals surface area (Å²) in [5, 5.41) is 16.0. The smallest absolute Gasteiger partial charge is 0.144 e. The molecule has 0 spiro atoms. The molecule has 1 saturated heterocycles. The molecule has 0 atom stereocenters. The molecule has 0 radical (unpaired) electrons. The van der Waals surface area contributed by atoms with Crippen molar-refractivity contribution in [2.75, 3.05) is 44.6 Å². The molecule has 1 aromatic heterocycles. The van der Waals surface area contributed by atoms with Gasteiger partial charge in [-0.15, -0.1) is 0 Å². The van der Waals surface area contributed by atoms with Crippen molar-refractivity contribution in [1.82, 2.24) is 15.2 Å². The number of aromatic nitrogens is 1. The van der Waals surface area contributed by atoms with E-state index in [1.807, 2.05) is 6.07 Å². The van der Waals surface area contributed by atoms with Gasteiger partial charge in [-0.05, 0) is 37.3 Å². The van der Waals surface area contributed by atoms with Gasteiger partial charge in [0.25, 0.3) is 0 Å². The minimum Gasteiger partial charge on any atom is -0.368 e. The molecule has 3 rings (SSSR count). The summed E-state index contributed by atoms with van der Waals surface area (Å²) in [4.78, 5) is 7.14. The number of aryl methyl sites for hydroxylation is 2. The summed E-state index contributed by atoms with van der Waals surface area (Å²) in [6.07, 6.45) is 4.55. The molecule has 21 heavy (non-hydrogen) atoms. The summed E-state index contributed by atoms with van der Waals surface area (Å²) < 4.78 is 0. The van der Waals surface area contributed by atoms with Crippen molar-refractivity contribution < 1.29 is 0 Å². The lowest BCUT2D eigenvalue weighted by Gasteiger charge is -2.27. The van der Waals surface area contributed by atoms with Crippen LogP contribution in [0.2, 0.25) is 0 Å². The molecule has 5 heteroatoms. The monoisotopic (exact) mass is 285 g/mol. The Morgan fingerprint density at radius 2 is 2.10 bits per heavy atom. The van der Waals surface area contributed by atoms with Gasteiger partial charge in [0.2, 0.25) is 0 Å². The molecule has 0 bridgehead atoms. The highest BCUT2D eigenvalue weighted by Gasteiger charge is 2.15. The van der Waals surface area contributed by atoms with Crippen molar-refractivity contribution >= 4 is 5.82 Å². The van der Waals surface area contributed by atoms with E-state index >= 15 is 0 Å². The summed E-state index contributed by atoms with van der Waals surface area (Å²) in [7, 11) is 0. The van der Waals surface area contributed by atoms with Gasteiger partial charge in [0, 0.05) is 45.0 Å². The van der Waals surface area contributed by atoms with E-state index in [1.54, 1.807) is 0 Å². The highest BCUT2D eigenvalue weighted by atomic mass is 15.2. The van der Waals surface area contributed by atoms with Gasteiger partial charge in [0.15, 0.2) is 0 Å². The van der Waals surface area contributed by atoms with Crippen LogP contribution in [0.5, 0.6) is 0 Å². The molecule has 0 unspecified atom stereocenters. The molecule has 1 aromatic rings. The largest absolute Gasteiger partial charge is 0.368 e. The normalized spacial score (nSPS) is 18.8. The average molecular weight is 285 g/mol. The highest BCUT2D eigenvalue weighted by molar-refractivity contribution is 5.54. The van der Waals surface area contributed by atoms with Crippen LogP contribution < -0.4 is 10.6 Å². The van der Waals surface area contributed by atoms with E-state index in [2.05, 4.69) is 21.6 Å². The topological polar surface area (TPSA) is 64.0 Å². The maximum atomic E-state index is 9.32. The predicted molar refractivity (Wildman–Crippen MR) is 83.4 cm³/mol. The number of hydrogen-bond donors (Lipinski definition) is 2. The molecular weight excluding hydrogens is 262 g/mol. The number of nitrogens with zero attached hydrogens (tertiary/aromatic N) is 3. The van der Waals surface area contributed by atoms with E-state index < -0.39 is 0 Å². The third-order valence-corrected chi connectivity index (χ3v) is 4.35. The van der Waals surface area contributed by atoms with Gasteiger partial charge in [0.1, 0.15) is 11.9 Å². The zero-order valence-electron chi connectivity index (χ0n) is 12.5. The summed E-state index contributed by atoms with van der Waals surface area (Å²) >= 11 is 0. The van der Waals surface area contributed by atoms with Gasteiger partial charge in [-0.3, -0.25) is 4.90 Å². The highest BCUT2D eigenvalue weighted by Crippen LogP contribution is 2.24. The Kier molecular flexibility index (Phi) is 4.69. The average Bonchev–Trinajstić information content (AvgIpc) is 2.55. The molecule has 0 saturated carbocycles. The van der Waals surface area contributed by atoms with Crippen LogP contribution >= 0.6 is 0 Å². The van der Waals surface area contributed by atoms with Crippen molar-refractivity contribution in [2.24, 2.45) is 0 Å². The molecular formula is C16H23N5. The molecule has 2 N–H and O–H groups in total. The summed E-state index contributed by atoms with van der Waals surface area (Å²) in [6, 6.07) is 4.32. The Morgan fingerprint density at radius 1 is 1.29 bits per heavy atom. The zero-order valence-corrected chi connectivity index (χ0v) is 12.5. The van der Waals surface area contributed by atoms with Crippen molar-refractivity contribution in [3.05, 3.63) is 22.9 Å². The summed E-state index contributed by atoms with van der Waals surface area (Å²) in [5.74, 6) is 0.772. The first kappa shape index (κ1) is 14.3. The molecule has 0 aromatic carbocycles. The molecule has 1 aliphatic carbocycles. The van der Waals surface area contributed by atoms with E-state index in [1.165, 1.54) is 24.1 Å². The Hall–Kier alpha value is -1.64.